The van der Waals surface area contributed by atoms with Crippen molar-refractivity contribution in [2.75, 3.05) is 0 Å². The highest BCUT2D eigenvalue weighted by atomic mass is 16.3. The van der Waals surface area contributed by atoms with Crippen LogP contribution < -0.4 is 10.1 Å². The van der Waals surface area contributed by atoms with E-state index in [2.05, 4.69) is 9.97 Å². The summed E-state index contributed by atoms with van der Waals surface area (Å²) in [6.45, 7) is 3.63. The number of Topliss-reactive ketones (excluding diaryl/α,β-unsaturated/α-hetero) is 1. The predicted molar refractivity (Wildman–Crippen MR) is 112 cm³/mol. The topological polar surface area (TPSA) is 105 Å². The first kappa shape index (κ1) is 19.7. The van der Waals surface area contributed by atoms with Crippen LogP contribution in [0.5, 0.6) is 0 Å². The summed E-state index contributed by atoms with van der Waals surface area (Å²) < 4.78 is 7.44. The minimum Gasteiger partial charge on any atom is -0.871 e. The van der Waals surface area contributed by atoms with Gasteiger partial charge in [0.1, 0.15) is 23.2 Å². The second-order valence-corrected chi connectivity index (χ2v) is 7.74. The van der Waals surface area contributed by atoms with E-state index in [-0.39, 0.29) is 17.8 Å². The summed E-state index contributed by atoms with van der Waals surface area (Å²) in [5.74, 6) is -1.09. The minimum atomic E-state index is -0.926. The van der Waals surface area contributed by atoms with E-state index in [1.54, 1.807) is 67.2 Å². The number of fused-ring (bicyclic) bond motifs is 1. The number of imidazole rings is 1. The minimum absolute atomic E-state index is 0.127. The zero-order valence-corrected chi connectivity index (χ0v) is 17.5. The molecule has 1 aliphatic heterocycles. The molecule has 0 spiro atoms. The number of aromatic amines is 1. The number of hydrogen-bond donors (Lipinski definition) is 0. The third kappa shape index (κ3) is 3.08. The fourth-order valence-electron chi connectivity index (χ4n) is 4.17. The first-order valence-electron chi connectivity index (χ1n) is 10.2. The van der Waals surface area contributed by atoms with Crippen molar-refractivity contribution in [1.29, 1.82) is 0 Å². The van der Waals surface area contributed by atoms with Gasteiger partial charge in [0.2, 0.25) is 5.78 Å². The molecule has 1 fully saturated rings. The summed E-state index contributed by atoms with van der Waals surface area (Å²) in [5, 5.41) is 13.7. The normalized spacial score (nSPS) is 18.1. The fourth-order valence-corrected chi connectivity index (χ4v) is 4.17. The summed E-state index contributed by atoms with van der Waals surface area (Å²) >= 11 is 0. The molecule has 1 atom stereocenters. The van der Waals surface area contributed by atoms with Gasteiger partial charge in [-0.2, -0.15) is 0 Å². The van der Waals surface area contributed by atoms with Crippen molar-refractivity contribution in [2.24, 2.45) is 0 Å². The number of carbonyl (C=O) groups is 2. The van der Waals surface area contributed by atoms with Crippen LogP contribution in [-0.4, -0.2) is 26.0 Å². The SMILES string of the molecule is Cc1ccc(C2C(=C([O-])c3c(C)nc4ccccn34)C(=O)C(=O)N2Cc2ccc[nH+]c2)o1. The van der Waals surface area contributed by atoms with Crippen LogP contribution in [0.25, 0.3) is 11.4 Å². The highest BCUT2D eigenvalue weighted by Gasteiger charge is 2.46. The lowest BCUT2D eigenvalue weighted by molar-refractivity contribution is -0.378. The quantitative estimate of drug-likeness (QED) is 0.280. The van der Waals surface area contributed by atoms with Crippen molar-refractivity contribution in [2.45, 2.75) is 26.4 Å². The van der Waals surface area contributed by atoms with Crippen molar-refractivity contribution in [3.8, 4) is 0 Å². The van der Waals surface area contributed by atoms with E-state index in [4.69, 9.17) is 4.42 Å². The molecular formula is C24H20N4O4. The molecule has 0 aromatic carbocycles. The van der Waals surface area contributed by atoms with E-state index < -0.39 is 23.5 Å². The van der Waals surface area contributed by atoms with Crippen LogP contribution in [0.4, 0.5) is 0 Å². The van der Waals surface area contributed by atoms with Gasteiger partial charge >= 0.3 is 0 Å². The van der Waals surface area contributed by atoms with Gasteiger partial charge in [0.05, 0.1) is 17.9 Å². The maximum atomic E-state index is 13.7. The van der Waals surface area contributed by atoms with Gasteiger partial charge in [0.15, 0.2) is 12.4 Å². The number of hydrogen-bond acceptors (Lipinski definition) is 5. The van der Waals surface area contributed by atoms with Crippen molar-refractivity contribution in [3.63, 3.8) is 0 Å². The molecule has 1 saturated heterocycles. The Labute approximate surface area is 183 Å². The predicted octanol–water partition coefficient (Wildman–Crippen LogP) is 1.78. The van der Waals surface area contributed by atoms with E-state index >= 15 is 0 Å². The molecule has 0 aliphatic carbocycles. The second-order valence-electron chi connectivity index (χ2n) is 7.74. The number of furan rings is 1. The van der Waals surface area contributed by atoms with E-state index in [1.165, 1.54) is 4.90 Å². The Hall–Kier alpha value is -4.20. The lowest BCUT2D eigenvalue weighted by Gasteiger charge is -2.25. The number of amides is 1. The van der Waals surface area contributed by atoms with Gasteiger partial charge in [-0.15, -0.1) is 0 Å². The van der Waals surface area contributed by atoms with Gasteiger partial charge in [-0.25, -0.2) is 9.97 Å². The van der Waals surface area contributed by atoms with E-state index in [0.29, 0.717) is 22.9 Å². The number of carbonyl (C=O) groups excluding carboxylic acids is 2. The summed E-state index contributed by atoms with van der Waals surface area (Å²) in [6, 6.07) is 11.5. The summed E-state index contributed by atoms with van der Waals surface area (Å²) in [4.78, 5) is 35.0. The van der Waals surface area contributed by atoms with Crippen LogP contribution in [0.3, 0.4) is 0 Å². The molecule has 1 N–H and O–H groups in total. The number of rotatable bonds is 4. The smallest absolute Gasteiger partial charge is 0.295 e. The standard InChI is InChI=1S/C24H20N4O4/c1-14-8-9-17(32-14)21-19(22(29)20-15(2)26-18-7-3-4-11-27(18)20)23(30)24(31)28(21)13-16-6-5-10-25-12-16/h3-12,21,29H,13H2,1-2H3. The summed E-state index contributed by atoms with van der Waals surface area (Å²) in [6.07, 6.45) is 5.22. The van der Waals surface area contributed by atoms with Crippen molar-refractivity contribution in [1.82, 2.24) is 14.3 Å². The maximum absolute atomic E-state index is 13.7. The molecule has 1 unspecified atom stereocenters. The van der Waals surface area contributed by atoms with Crippen molar-refractivity contribution < 1.29 is 24.1 Å². The van der Waals surface area contributed by atoms with Crippen LogP contribution in [0, 0.1) is 13.8 Å². The van der Waals surface area contributed by atoms with Crippen LogP contribution in [0.1, 0.15) is 34.5 Å². The number of pyridine rings is 2. The van der Waals surface area contributed by atoms with Gasteiger partial charge in [-0.05, 0) is 44.2 Å². The third-order valence-electron chi connectivity index (χ3n) is 5.60. The Kier molecular flexibility index (Phi) is 4.62. The fraction of sp³-hybridized carbons (Fsp3) is 0.167. The maximum Gasteiger partial charge on any atom is 0.295 e. The number of ketones is 1. The molecule has 8 nitrogen and oxygen atoms in total. The molecule has 160 valence electrons. The number of aromatic nitrogens is 3. The van der Waals surface area contributed by atoms with Gasteiger partial charge < -0.3 is 18.8 Å². The van der Waals surface area contributed by atoms with E-state index in [9.17, 15) is 14.7 Å². The first-order chi connectivity index (χ1) is 15.5. The lowest BCUT2D eigenvalue weighted by Crippen LogP contribution is -2.29. The van der Waals surface area contributed by atoms with Crippen LogP contribution in [0.15, 0.2) is 71.0 Å². The van der Waals surface area contributed by atoms with Gasteiger partial charge in [-0.3, -0.25) is 9.59 Å². The molecule has 1 amide bonds. The third-order valence-corrected chi connectivity index (χ3v) is 5.60. The average molecular weight is 428 g/mol. The number of likely N-dealkylation sites (tertiary alicyclic amines) is 1. The first-order valence-corrected chi connectivity index (χ1v) is 10.2. The zero-order valence-electron chi connectivity index (χ0n) is 17.5. The molecule has 5 rings (SSSR count). The Morgan fingerprint density at radius 3 is 2.72 bits per heavy atom. The molecular weight excluding hydrogens is 408 g/mol. The van der Waals surface area contributed by atoms with E-state index in [1.807, 2.05) is 12.1 Å². The van der Waals surface area contributed by atoms with Crippen LogP contribution in [-0.2, 0) is 16.1 Å². The van der Waals surface area contributed by atoms with Crippen LogP contribution >= 0.6 is 0 Å². The lowest BCUT2D eigenvalue weighted by atomic mass is 10.0. The molecule has 0 saturated carbocycles. The van der Waals surface area contributed by atoms with Crippen LogP contribution in [0.2, 0.25) is 0 Å². The van der Waals surface area contributed by atoms with Gasteiger partial charge in [0.25, 0.3) is 5.91 Å². The van der Waals surface area contributed by atoms with Crippen molar-refractivity contribution >= 4 is 23.1 Å². The Morgan fingerprint density at radius 1 is 1.16 bits per heavy atom. The Balaban J connectivity index is 1.71. The zero-order chi connectivity index (χ0) is 22.4. The highest BCUT2D eigenvalue weighted by Crippen LogP contribution is 2.40. The second kappa shape index (κ2) is 7.49. The molecule has 32 heavy (non-hydrogen) atoms. The monoisotopic (exact) mass is 428 g/mol. The molecule has 8 heteroatoms. The summed E-state index contributed by atoms with van der Waals surface area (Å²) in [5.41, 5.74) is 2.01. The number of aryl methyl sites for hydroxylation is 2. The average Bonchev–Trinajstić information content (AvgIpc) is 3.43. The molecule has 4 aromatic heterocycles. The van der Waals surface area contributed by atoms with Gasteiger partial charge in [-0.1, -0.05) is 11.8 Å². The summed E-state index contributed by atoms with van der Waals surface area (Å²) in [7, 11) is 0. The van der Waals surface area contributed by atoms with E-state index in [0.717, 1.165) is 5.56 Å². The molecule has 4 aromatic rings. The van der Waals surface area contributed by atoms with Gasteiger partial charge in [0, 0.05) is 23.4 Å². The number of nitrogens with one attached hydrogen (secondary N) is 1. The van der Waals surface area contributed by atoms with Crippen molar-refractivity contribution in [3.05, 3.63) is 95.1 Å². The Morgan fingerprint density at radius 2 is 2.00 bits per heavy atom. The molecule has 1 aliphatic rings. The molecule has 0 bridgehead atoms. The highest BCUT2D eigenvalue weighted by molar-refractivity contribution is 6.46. The number of H-pyrrole nitrogens is 1. The number of nitrogens with zero attached hydrogens (tertiary/aromatic N) is 3. The molecule has 5 heterocycles. The largest absolute Gasteiger partial charge is 0.871 e. The molecule has 0 radical (unpaired) electrons. The Bertz CT molecular complexity index is 1380.